The summed E-state index contributed by atoms with van der Waals surface area (Å²) < 4.78 is 0. The van der Waals surface area contributed by atoms with Gasteiger partial charge in [0.25, 0.3) is 0 Å². The molecule has 3 rings (SSSR count). The minimum absolute atomic E-state index is 0. The van der Waals surface area contributed by atoms with E-state index in [0.29, 0.717) is 17.4 Å². The highest BCUT2D eigenvalue weighted by molar-refractivity contribution is 5.85. The molecule has 0 aromatic heterocycles. The summed E-state index contributed by atoms with van der Waals surface area (Å²) in [4.78, 5) is 14.5. The van der Waals surface area contributed by atoms with Crippen molar-refractivity contribution in [2.75, 3.05) is 19.6 Å². The zero-order valence-electron chi connectivity index (χ0n) is 13.2. The van der Waals surface area contributed by atoms with Crippen LogP contribution in [0.4, 0.5) is 0 Å². The van der Waals surface area contributed by atoms with Gasteiger partial charge >= 0.3 is 0 Å². The van der Waals surface area contributed by atoms with E-state index in [1.165, 1.54) is 57.8 Å². The van der Waals surface area contributed by atoms with Gasteiger partial charge in [0.05, 0.1) is 0 Å². The Labute approximate surface area is 135 Å². The first-order chi connectivity index (χ1) is 9.77. The Kier molecular flexibility index (Phi) is 6.36. The molecule has 1 aliphatic carbocycles. The van der Waals surface area contributed by atoms with E-state index in [-0.39, 0.29) is 12.4 Å². The highest BCUT2D eigenvalue weighted by atomic mass is 35.5. The van der Waals surface area contributed by atoms with Crippen LogP contribution in [0.15, 0.2) is 0 Å². The number of nitrogens with one attached hydrogen (secondary N) is 1. The van der Waals surface area contributed by atoms with Crippen molar-refractivity contribution in [2.24, 2.45) is 5.41 Å². The summed E-state index contributed by atoms with van der Waals surface area (Å²) in [6, 6.07) is 0.605. The zero-order valence-corrected chi connectivity index (χ0v) is 14.1. The molecular formula is C17H31ClN2O. The van der Waals surface area contributed by atoms with Crippen molar-refractivity contribution in [1.82, 2.24) is 10.2 Å². The van der Waals surface area contributed by atoms with Gasteiger partial charge in [-0.05, 0) is 56.9 Å². The molecule has 0 aromatic rings. The number of likely N-dealkylation sites (tertiary alicyclic amines) is 1. The van der Waals surface area contributed by atoms with Crippen LogP contribution in [-0.4, -0.2) is 36.5 Å². The second-order valence-electron chi connectivity index (χ2n) is 7.27. The number of carbonyl (C=O) groups excluding carboxylic acids is 1. The standard InChI is InChI=1S/C17H30N2O.ClH/c20-16(7-6-15-5-4-12-18-15)19-13-10-17(11-14-19)8-2-1-3-9-17;/h15,18H,1-14H2;1H. The van der Waals surface area contributed by atoms with E-state index in [0.717, 1.165) is 32.5 Å². The van der Waals surface area contributed by atoms with Gasteiger partial charge in [-0.25, -0.2) is 0 Å². The molecule has 0 bridgehead atoms. The molecule has 1 saturated carbocycles. The lowest BCUT2D eigenvalue weighted by atomic mass is 9.68. The predicted octanol–water partition coefficient (Wildman–Crippen LogP) is 3.51. The van der Waals surface area contributed by atoms with E-state index in [1.807, 2.05) is 0 Å². The maximum atomic E-state index is 12.3. The molecule has 3 nitrogen and oxygen atoms in total. The van der Waals surface area contributed by atoms with Gasteiger partial charge < -0.3 is 10.2 Å². The van der Waals surface area contributed by atoms with Crippen LogP contribution in [0.5, 0.6) is 0 Å². The van der Waals surface area contributed by atoms with E-state index in [1.54, 1.807) is 0 Å². The molecule has 0 aromatic carbocycles. The number of carbonyl (C=O) groups is 1. The fraction of sp³-hybridized carbons (Fsp3) is 0.941. The van der Waals surface area contributed by atoms with Crippen LogP contribution in [0, 0.1) is 5.41 Å². The van der Waals surface area contributed by atoms with E-state index in [9.17, 15) is 4.79 Å². The molecule has 2 aliphatic heterocycles. The molecule has 21 heavy (non-hydrogen) atoms. The normalized spacial score (nSPS) is 28.4. The SMILES string of the molecule is Cl.O=C(CCC1CCCN1)N1CCC2(CCCCC2)CC1. The van der Waals surface area contributed by atoms with Crippen molar-refractivity contribution in [3.63, 3.8) is 0 Å². The summed E-state index contributed by atoms with van der Waals surface area (Å²) >= 11 is 0. The number of hydrogen-bond acceptors (Lipinski definition) is 2. The van der Waals surface area contributed by atoms with Crippen LogP contribution in [0.1, 0.15) is 70.6 Å². The first-order valence-electron chi connectivity index (χ1n) is 8.79. The Hall–Kier alpha value is -0.280. The molecule has 1 unspecified atom stereocenters. The van der Waals surface area contributed by atoms with Crippen molar-refractivity contribution in [3.05, 3.63) is 0 Å². The predicted molar refractivity (Wildman–Crippen MR) is 88.8 cm³/mol. The lowest BCUT2D eigenvalue weighted by Crippen LogP contribution is -2.44. The number of rotatable bonds is 3. The van der Waals surface area contributed by atoms with E-state index in [4.69, 9.17) is 0 Å². The molecule has 1 amide bonds. The summed E-state index contributed by atoms with van der Waals surface area (Å²) in [6.45, 7) is 3.19. The van der Waals surface area contributed by atoms with Crippen LogP contribution in [-0.2, 0) is 4.79 Å². The summed E-state index contributed by atoms with van der Waals surface area (Å²) in [7, 11) is 0. The third-order valence-corrected chi connectivity index (χ3v) is 5.96. The van der Waals surface area contributed by atoms with Crippen molar-refractivity contribution in [3.8, 4) is 0 Å². The topological polar surface area (TPSA) is 32.3 Å². The van der Waals surface area contributed by atoms with Crippen molar-refractivity contribution < 1.29 is 4.79 Å². The van der Waals surface area contributed by atoms with E-state index in [2.05, 4.69) is 10.2 Å². The van der Waals surface area contributed by atoms with Gasteiger partial charge in [-0.1, -0.05) is 19.3 Å². The van der Waals surface area contributed by atoms with Crippen LogP contribution >= 0.6 is 12.4 Å². The Balaban J connectivity index is 0.00000161. The third-order valence-electron chi connectivity index (χ3n) is 5.96. The average molecular weight is 315 g/mol. The van der Waals surface area contributed by atoms with E-state index >= 15 is 0 Å². The quantitative estimate of drug-likeness (QED) is 0.864. The lowest BCUT2D eigenvalue weighted by molar-refractivity contribution is -0.134. The van der Waals surface area contributed by atoms with Gasteiger partial charge in [0, 0.05) is 25.6 Å². The fourth-order valence-corrected chi connectivity index (χ4v) is 4.49. The summed E-state index contributed by atoms with van der Waals surface area (Å²) in [5.41, 5.74) is 0.613. The summed E-state index contributed by atoms with van der Waals surface area (Å²) in [5, 5.41) is 3.49. The van der Waals surface area contributed by atoms with Gasteiger partial charge in [-0.3, -0.25) is 4.79 Å². The van der Waals surface area contributed by atoms with Crippen molar-refractivity contribution >= 4 is 18.3 Å². The Morgan fingerprint density at radius 2 is 1.76 bits per heavy atom. The minimum atomic E-state index is 0. The minimum Gasteiger partial charge on any atom is -0.343 e. The Bertz CT molecular complexity index is 326. The highest BCUT2D eigenvalue weighted by Crippen LogP contribution is 2.44. The van der Waals surface area contributed by atoms with Gasteiger partial charge in [0.1, 0.15) is 0 Å². The van der Waals surface area contributed by atoms with Crippen LogP contribution in [0.3, 0.4) is 0 Å². The van der Waals surface area contributed by atoms with E-state index < -0.39 is 0 Å². The number of halogens is 1. The van der Waals surface area contributed by atoms with Gasteiger partial charge in [-0.2, -0.15) is 0 Å². The number of piperidine rings is 1. The maximum Gasteiger partial charge on any atom is 0.222 e. The second-order valence-corrected chi connectivity index (χ2v) is 7.27. The number of amides is 1. The lowest BCUT2D eigenvalue weighted by Gasteiger charge is -2.44. The molecule has 3 fully saturated rings. The summed E-state index contributed by atoms with van der Waals surface area (Å²) in [5.74, 6) is 0.407. The number of nitrogens with zero attached hydrogens (tertiary/aromatic N) is 1. The maximum absolute atomic E-state index is 12.3. The molecule has 1 N–H and O–H groups in total. The Morgan fingerprint density at radius 1 is 1.05 bits per heavy atom. The smallest absolute Gasteiger partial charge is 0.222 e. The largest absolute Gasteiger partial charge is 0.343 e. The fourth-order valence-electron chi connectivity index (χ4n) is 4.49. The van der Waals surface area contributed by atoms with Gasteiger partial charge in [-0.15, -0.1) is 12.4 Å². The van der Waals surface area contributed by atoms with Crippen molar-refractivity contribution in [2.45, 2.75) is 76.7 Å². The molecule has 2 saturated heterocycles. The van der Waals surface area contributed by atoms with Crippen LogP contribution in [0.25, 0.3) is 0 Å². The molecule has 2 heterocycles. The monoisotopic (exact) mass is 314 g/mol. The summed E-state index contributed by atoms with van der Waals surface area (Å²) in [6.07, 6.45) is 14.0. The van der Waals surface area contributed by atoms with Gasteiger partial charge in [0.2, 0.25) is 5.91 Å². The van der Waals surface area contributed by atoms with Crippen LogP contribution < -0.4 is 5.32 Å². The number of hydrogen-bond donors (Lipinski definition) is 1. The molecule has 0 radical (unpaired) electrons. The second kappa shape index (κ2) is 7.82. The zero-order chi connectivity index (χ0) is 13.8. The molecule has 3 aliphatic rings. The third kappa shape index (κ3) is 4.35. The average Bonchev–Trinajstić information content (AvgIpc) is 3.00. The molecule has 1 atom stereocenters. The van der Waals surface area contributed by atoms with Gasteiger partial charge in [0.15, 0.2) is 0 Å². The first-order valence-corrected chi connectivity index (χ1v) is 8.79. The molecule has 4 heteroatoms. The van der Waals surface area contributed by atoms with Crippen molar-refractivity contribution in [1.29, 1.82) is 0 Å². The molecular weight excluding hydrogens is 284 g/mol. The highest BCUT2D eigenvalue weighted by Gasteiger charge is 2.36. The van der Waals surface area contributed by atoms with Crippen LogP contribution in [0.2, 0.25) is 0 Å². The molecule has 1 spiro atoms. The Morgan fingerprint density at radius 3 is 2.38 bits per heavy atom. The molecule has 122 valence electrons. The first kappa shape index (κ1) is 17.1.